The topological polar surface area (TPSA) is 72.5 Å². The lowest BCUT2D eigenvalue weighted by molar-refractivity contribution is -0.137. The molecule has 0 aromatic heterocycles. The zero-order chi connectivity index (χ0) is 13.8. The summed E-state index contributed by atoms with van der Waals surface area (Å²) in [6.45, 7) is 0. The Morgan fingerprint density at radius 1 is 1.47 bits per heavy atom. The van der Waals surface area contributed by atoms with Crippen LogP contribution in [0.25, 0.3) is 0 Å². The molecule has 1 unspecified atom stereocenters. The van der Waals surface area contributed by atoms with Crippen molar-refractivity contribution in [2.75, 3.05) is 7.11 Å². The first-order valence-corrected chi connectivity index (χ1v) is 6.77. The van der Waals surface area contributed by atoms with Crippen molar-refractivity contribution in [2.45, 2.75) is 44.1 Å². The number of carboxylic acid groups (broad SMARTS) is 1. The third-order valence-corrected chi connectivity index (χ3v) is 3.87. The monoisotopic (exact) mass is 263 g/mol. The van der Waals surface area contributed by atoms with Gasteiger partial charge >= 0.3 is 5.97 Å². The number of methoxy groups -OCH3 is 1. The fraction of sp³-hybridized carbons (Fsp3) is 0.533. The van der Waals surface area contributed by atoms with Gasteiger partial charge in [0.1, 0.15) is 5.75 Å². The summed E-state index contributed by atoms with van der Waals surface area (Å²) in [6, 6.07) is 5.35. The van der Waals surface area contributed by atoms with Crippen molar-refractivity contribution in [2.24, 2.45) is 5.73 Å². The summed E-state index contributed by atoms with van der Waals surface area (Å²) in [7, 11) is 1.67. The first-order chi connectivity index (χ1) is 9.11. The predicted molar refractivity (Wildman–Crippen MR) is 73.4 cm³/mol. The smallest absolute Gasteiger partial charge is 0.305 e. The molecule has 4 nitrogen and oxygen atoms in total. The molecule has 0 saturated heterocycles. The number of hydrogen-bond acceptors (Lipinski definition) is 3. The largest absolute Gasteiger partial charge is 0.496 e. The minimum absolute atomic E-state index is 0.0452. The lowest BCUT2D eigenvalue weighted by Gasteiger charge is -2.18. The Kier molecular flexibility index (Phi) is 4.43. The van der Waals surface area contributed by atoms with Crippen LogP contribution in [0.1, 0.15) is 55.2 Å². The number of benzene rings is 1. The van der Waals surface area contributed by atoms with Crippen molar-refractivity contribution >= 4 is 5.97 Å². The second-order valence-electron chi connectivity index (χ2n) is 5.19. The SMILES string of the molecule is COc1ccc(C(N)CC(=O)O)cc1C1CCCC1. The summed E-state index contributed by atoms with van der Waals surface area (Å²) in [4.78, 5) is 10.7. The van der Waals surface area contributed by atoms with Gasteiger partial charge < -0.3 is 15.6 Å². The molecule has 3 N–H and O–H groups in total. The van der Waals surface area contributed by atoms with E-state index in [1.807, 2.05) is 18.2 Å². The van der Waals surface area contributed by atoms with Crippen LogP contribution >= 0.6 is 0 Å². The van der Waals surface area contributed by atoms with Crippen molar-refractivity contribution in [1.82, 2.24) is 0 Å². The molecule has 1 saturated carbocycles. The Balaban J connectivity index is 2.26. The number of aliphatic carboxylic acids is 1. The number of rotatable bonds is 5. The van der Waals surface area contributed by atoms with Gasteiger partial charge in [0, 0.05) is 6.04 Å². The van der Waals surface area contributed by atoms with E-state index >= 15 is 0 Å². The van der Waals surface area contributed by atoms with Gasteiger partial charge in [0.2, 0.25) is 0 Å². The Bertz CT molecular complexity index is 453. The van der Waals surface area contributed by atoms with Crippen LogP contribution in [-0.4, -0.2) is 18.2 Å². The Hall–Kier alpha value is -1.55. The number of carbonyl (C=O) groups is 1. The van der Waals surface area contributed by atoms with E-state index in [1.165, 1.54) is 31.2 Å². The van der Waals surface area contributed by atoms with Crippen LogP contribution in [0, 0.1) is 0 Å². The Labute approximate surface area is 113 Å². The molecule has 104 valence electrons. The zero-order valence-electron chi connectivity index (χ0n) is 11.3. The molecule has 19 heavy (non-hydrogen) atoms. The van der Waals surface area contributed by atoms with Crippen molar-refractivity contribution < 1.29 is 14.6 Å². The number of nitrogens with two attached hydrogens (primary N) is 1. The molecule has 1 aromatic rings. The molecular formula is C15H21NO3. The molecule has 0 aliphatic heterocycles. The van der Waals surface area contributed by atoms with Gasteiger partial charge in [-0.05, 0) is 36.0 Å². The van der Waals surface area contributed by atoms with Gasteiger partial charge in [-0.15, -0.1) is 0 Å². The highest BCUT2D eigenvalue weighted by atomic mass is 16.5. The number of hydrogen-bond donors (Lipinski definition) is 2. The first kappa shape index (κ1) is 13.9. The van der Waals surface area contributed by atoms with E-state index in [9.17, 15) is 4.79 Å². The summed E-state index contributed by atoms with van der Waals surface area (Å²) in [5.41, 5.74) is 7.99. The standard InChI is InChI=1S/C15H21NO3/c1-19-14-7-6-11(13(16)9-15(17)18)8-12(14)10-4-2-3-5-10/h6-8,10,13H,2-5,9,16H2,1H3,(H,17,18). The van der Waals surface area contributed by atoms with E-state index in [2.05, 4.69) is 0 Å². The molecular weight excluding hydrogens is 242 g/mol. The maximum Gasteiger partial charge on any atom is 0.305 e. The van der Waals surface area contributed by atoms with E-state index in [1.54, 1.807) is 7.11 Å². The average molecular weight is 263 g/mol. The second-order valence-corrected chi connectivity index (χ2v) is 5.19. The van der Waals surface area contributed by atoms with Crippen LogP contribution in [0.2, 0.25) is 0 Å². The van der Waals surface area contributed by atoms with E-state index in [0.29, 0.717) is 5.92 Å². The molecule has 4 heteroatoms. The molecule has 0 amide bonds. The van der Waals surface area contributed by atoms with Gasteiger partial charge in [-0.1, -0.05) is 25.0 Å². The Morgan fingerprint density at radius 3 is 2.74 bits per heavy atom. The molecule has 1 aliphatic carbocycles. The Morgan fingerprint density at radius 2 is 2.16 bits per heavy atom. The number of carboxylic acids is 1. The van der Waals surface area contributed by atoms with Gasteiger partial charge in [0.25, 0.3) is 0 Å². The highest BCUT2D eigenvalue weighted by Crippen LogP contribution is 2.39. The van der Waals surface area contributed by atoms with Gasteiger partial charge in [0.15, 0.2) is 0 Å². The molecule has 2 rings (SSSR count). The van der Waals surface area contributed by atoms with Crippen LogP contribution in [0.15, 0.2) is 18.2 Å². The van der Waals surface area contributed by atoms with Crippen LogP contribution in [-0.2, 0) is 4.79 Å². The fourth-order valence-electron chi connectivity index (χ4n) is 2.85. The van der Waals surface area contributed by atoms with Gasteiger partial charge in [-0.2, -0.15) is 0 Å². The molecule has 1 atom stereocenters. The lowest BCUT2D eigenvalue weighted by Crippen LogP contribution is -2.15. The summed E-state index contributed by atoms with van der Waals surface area (Å²) in [5.74, 6) is 0.538. The second kappa shape index (κ2) is 6.06. The highest BCUT2D eigenvalue weighted by molar-refractivity contribution is 5.68. The quantitative estimate of drug-likeness (QED) is 0.856. The van der Waals surface area contributed by atoms with E-state index in [0.717, 1.165) is 11.3 Å². The summed E-state index contributed by atoms with van der Waals surface area (Å²) >= 11 is 0. The third-order valence-electron chi connectivity index (χ3n) is 3.87. The van der Waals surface area contributed by atoms with E-state index in [-0.39, 0.29) is 6.42 Å². The fourth-order valence-corrected chi connectivity index (χ4v) is 2.85. The third kappa shape index (κ3) is 3.26. The van der Waals surface area contributed by atoms with Gasteiger partial charge in [-0.3, -0.25) is 4.79 Å². The van der Waals surface area contributed by atoms with Crippen LogP contribution in [0.5, 0.6) is 5.75 Å². The van der Waals surface area contributed by atoms with Crippen LogP contribution in [0.3, 0.4) is 0 Å². The minimum Gasteiger partial charge on any atom is -0.496 e. The zero-order valence-corrected chi connectivity index (χ0v) is 11.3. The van der Waals surface area contributed by atoms with Crippen molar-refractivity contribution in [3.63, 3.8) is 0 Å². The molecule has 0 spiro atoms. The normalized spacial score (nSPS) is 17.4. The minimum atomic E-state index is -0.870. The van der Waals surface area contributed by atoms with Crippen LogP contribution < -0.4 is 10.5 Å². The van der Waals surface area contributed by atoms with Crippen molar-refractivity contribution in [3.8, 4) is 5.75 Å². The molecule has 1 aliphatic rings. The maximum absolute atomic E-state index is 10.7. The average Bonchev–Trinajstić information content (AvgIpc) is 2.91. The number of ether oxygens (including phenoxy) is 1. The van der Waals surface area contributed by atoms with Crippen molar-refractivity contribution in [3.05, 3.63) is 29.3 Å². The lowest BCUT2D eigenvalue weighted by atomic mass is 9.92. The molecule has 0 bridgehead atoms. The van der Waals surface area contributed by atoms with Crippen LogP contribution in [0.4, 0.5) is 0 Å². The molecule has 1 aromatic carbocycles. The molecule has 1 fully saturated rings. The summed E-state index contributed by atoms with van der Waals surface area (Å²) < 4.78 is 5.42. The van der Waals surface area contributed by atoms with E-state index < -0.39 is 12.0 Å². The molecule has 0 heterocycles. The maximum atomic E-state index is 10.7. The predicted octanol–water partition coefficient (Wildman–Crippen LogP) is 2.83. The molecule has 0 radical (unpaired) electrons. The van der Waals surface area contributed by atoms with Crippen molar-refractivity contribution in [1.29, 1.82) is 0 Å². The van der Waals surface area contributed by atoms with E-state index in [4.69, 9.17) is 15.6 Å². The summed E-state index contributed by atoms with van der Waals surface area (Å²) in [5, 5.41) is 8.82. The van der Waals surface area contributed by atoms with Gasteiger partial charge in [0.05, 0.1) is 13.5 Å². The summed E-state index contributed by atoms with van der Waals surface area (Å²) in [6.07, 6.45) is 4.80. The first-order valence-electron chi connectivity index (χ1n) is 6.77. The van der Waals surface area contributed by atoms with Gasteiger partial charge in [-0.25, -0.2) is 0 Å². The highest BCUT2D eigenvalue weighted by Gasteiger charge is 2.22.